The van der Waals surface area contributed by atoms with Gasteiger partial charge in [0.15, 0.2) is 11.6 Å². The maximum Gasteiger partial charge on any atom is 0.181 e. The van der Waals surface area contributed by atoms with Crippen LogP contribution in [0.2, 0.25) is 0 Å². The van der Waals surface area contributed by atoms with E-state index in [0.29, 0.717) is 22.6 Å². The molecule has 4 nitrogen and oxygen atoms in total. The molecule has 0 bridgehead atoms. The van der Waals surface area contributed by atoms with Crippen LogP contribution >= 0.6 is 0 Å². The van der Waals surface area contributed by atoms with Crippen LogP contribution in [0.25, 0.3) is 5.69 Å². The van der Waals surface area contributed by atoms with E-state index in [1.54, 1.807) is 42.7 Å². The molecule has 2 rings (SSSR count). The molecule has 0 aliphatic carbocycles. The summed E-state index contributed by atoms with van der Waals surface area (Å²) in [5.74, 6) is -0.960. The minimum atomic E-state index is -0.540. The van der Waals surface area contributed by atoms with Gasteiger partial charge in [0, 0.05) is 11.4 Å². The average molecular weight is 271 g/mol. The summed E-state index contributed by atoms with van der Waals surface area (Å²) in [7, 11) is 0. The fourth-order valence-corrected chi connectivity index (χ4v) is 2.30. The van der Waals surface area contributed by atoms with Gasteiger partial charge in [0.25, 0.3) is 0 Å². The Hall–Kier alpha value is -2.45. The summed E-state index contributed by atoms with van der Waals surface area (Å²) >= 11 is 0. The fourth-order valence-electron chi connectivity index (χ4n) is 2.30. The highest BCUT2D eigenvalue weighted by molar-refractivity contribution is 5.99. The molecular formula is C15H14FN3O. The third-order valence-corrected chi connectivity index (χ3v) is 3.29. The number of halogens is 1. The number of ketones is 1. The number of nitrogens with zero attached hydrogens (tertiary/aromatic N) is 2. The van der Waals surface area contributed by atoms with Crippen molar-refractivity contribution in [2.24, 2.45) is 5.73 Å². The third kappa shape index (κ3) is 2.10. The minimum Gasteiger partial charge on any atom is -0.324 e. The van der Waals surface area contributed by atoms with Crippen molar-refractivity contribution in [3.63, 3.8) is 0 Å². The molecule has 1 aromatic heterocycles. The van der Waals surface area contributed by atoms with Crippen molar-refractivity contribution in [3.8, 4) is 11.8 Å². The molecule has 0 atom stereocenters. The summed E-state index contributed by atoms with van der Waals surface area (Å²) in [6.07, 6.45) is 0. The normalized spacial score (nSPS) is 10.3. The quantitative estimate of drug-likeness (QED) is 0.870. The van der Waals surface area contributed by atoms with Gasteiger partial charge in [-0.25, -0.2) is 4.39 Å². The minimum absolute atomic E-state index is 0.0364. The monoisotopic (exact) mass is 271 g/mol. The highest BCUT2D eigenvalue weighted by Gasteiger charge is 2.22. The first-order valence-electron chi connectivity index (χ1n) is 6.12. The number of nitrogens with two attached hydrogens (primary N) is 1. The molecule has 20 heavy (non-hydrogen) atoms. The number of aromatic nitrogens is 1. The van der Waals surface area contributed by atoms with Crippen LogP contribution in [-0.4, -0.2) is 16.9 Å². The van der Waals surface area contributed by atoms with Crippen LogP contribution in [0.3, 0.4) is 0 Å². The Kier molecular flexibility index (Phi) is 3.68. The molecule has 1 heterocycles. The largest absolute Gasteiger partial charge is 0.324 e. The van der Waals surface area contributed by atoms with Crippen LogP contribution in [0, 0.1) is 31.0 Å². The summed E-state index contributed by atoms with van der Waals surface area (Å²) in [6.45, 7) is 3.06. The second kappa shape index (κ2) is 5.27. The van der Waals surface area contributed by atoms with E-state index < -0.39 is 11.6 Å². The molecule has 0 fully saturated rings. The SMILES string of the molecule is Cc1c(F)c(C(=O)CN)c(C)n1-c1ccc(C#N)cc1. The van der Waals surface area contributed by atoms with Gasteiger partial charge in [0.1, 0.15) is 0 Å². The van der Waals surface area contributed by atoms with Crippen molar-refractivity contribution < 1.29 is 9.18 Å². The van der Waals surface area contributed by atoms with E-state index in [4.69, 9.17) is 11.0 Å². The zero-order valence-electron chi connectivity index (χ0n) is 11.3. The standard InChI is InChI=1S/C15H14FN3O/c1-9-14(13(20)8-18)15(16)10(2)19(9)12-5-3-11(7-17)4-6-12/h3-6H,8,18H2,1-2H3. The first-order chi connectivity index (χ1) is 9.51. The molecule has 0 saturated heterocycles. The second-order valence-corrected chi connectivity index (χ2v) is 4.48. The lowest BCUT2D eigenvalue weighted by Gasteiger charge is -2.09. The van der Waals surface area contributed by atoms with Gasteiger partial charge in [-0.05, 0) is 38.1 Å². The van der Waals surface area contributed by atoms with Crippen LogP contribution in [-0.2, 0) is 0 Å². The molecule has 0 aliphatic rings. The lowest BCUT2D eigenvalue weighted by Crippen LogP contribution is -2.15. The predicted octanol–water partition coefficient (Wildman–Crippen LogP) is 2.25. The molecular weight excluding hydrogens is 257 g/mol. The zero-order chi connectivity index (χ0) is 14.9. The molecule has 2 aromatic rings. The number of nitriles is 1. The summed E-state index contributed by atoms with van der Waals surface area (Å²) in [6, 6.07) is 8.76. The lowest BCUT2D eigenvalue weighted by atomic mass is 10.1. The van der Waals surface area contributed by atoms with Crippen molar-refractivity contribution in [1.82, 2.24) is 4.57 Å². The van der Waals surface area contributed by atoms with Gasteiger partial charge in [-0.3, -0.25) is 4.79 Å². The number of hydrogen-bond acceptors (Lipinski definition) is 3. The molecule has 0 aliphatic heterocycles. The van der Waals surface area contributed by atoms with Crippen molar-refractivity contribution >= 4 is 5.78 Å². The third-order valence-electron chi connectivity index (χ3n) is 3.29. The number of carbonyl (C=O) groups excluding carboxylic acids is 1. The smallest absolute Gasteiger partial charge is 0.181 e. The van der Waals surface area contributed by atoms with Crippen LogP contribution in [0.5, 0.6) is 0 Å². The van der Waals surface area contributed by atoms with E-state index in [-0.39, 0.29) is 12.1 Å². The van der Waals surface area contributed by atoms with Gasteiger partial charge in [-0.1, -0.05) is 0 Å². The van der Waals surface area contributed by atoms with Gasteiger partial charge < -0.3 is 10.3 Å². The van der Waals surface area contributed by atoms with E-state index in [9.17, 15) is 9.18 Å². The summed E-state index contributed by atoms with van der Waals surface area (Å²) in [5.41, 5.74) is 7.44. The first kappa shape index (κ1) is 14.0. The van der Waals surface area contributed by atoms with Crippen LogP contribution < -0.4 is 5.73 Å². The van der Waals surface area contributed by atoms with Crippen molar-refractivity contribution in [2.75, 3.05) is 6.54 Å². The Morgan fingerprint density at radius 2 is 1.90 bits per heavy atom. The predicted molar refractivity (Wildman–Crippen MR) is 73.3 cm³/mol. The van der Waals surface area contributed by atoms with E-state index in [0.717, 1.165) is 0 Å². The highest BCUT2D eigenvalue weighted by Crippen LogP contribution is 2.25. The molecule has 0 unspecified atom stereocenters. The molecule has 1 aromatic carbocycles. The van der Waals surface area contributed by atoms with Gasteiger partial charge in [0.05, 0.1) is 29.4 Å². The van der Waals surface area contributed by atoms with Crippen molar-refractivity contribution in [2.45, 2.75) is 13.8 Å². The number of hydrogen-bond donors (Lipinski definition) is 1. The number of rotatable bonds is 3. The van der Waals surface area contributed by atoms with Crippen molar-refractivity contribution in [1.29, 1.82) is 5.26 Å². The Morgan fingerprint density at radius 3 is 2.40 bits per heavy atom. The Balaban J connectivity index is 2.63. The molecule has 102 valence electrons. The maximum atomic E-state index is 14.2. The fraction of sp³-hybridized carbons (Fsp3) is 0.200. The van der Waals surface area contributed by atoms with Crippen LogP contribution in [0.1, 0.15) is 27.3 Å². The maximum absolute atomic E-state index is 14.2. The van der Waals surface area contributed by atoms with E-state index >= 15 is 0 Å². The van der Waals surface area contributed by atoms with Crippen molar-refractivity contribution in [3.05, 3.63) is 52.6 Å². The lowest BCUT2D eigenvalue weighted by molar-refractivity contribution is 0.0997. The van der Waals surface area contributed by atoms with Gasteiger partial charge in [-0.2, -0.15) is 5.26 Å². The van der Waals surface area contributed by atoms with E-state index in [1.807, 2.05) is 6.07 Å². The Labute approximate surface area is 116 Å². The molecule has 5 heteroatoms. The topological polar surface area (TPSA) is 71.8 Å². The molecule has 0 amide bonds. The van der Waals surface area contributed by atoms with Gasteiger partial charge >= 0.3 is 0 Å². The van der Waals surface area contributed by atoms with Crippen LogP contribution in [0.4, 0.5) is 4.39 Å². The number of benzene rings is 1. The number of carbonyl (C=O) groups is 1. The summed E-state index contributed by atoms with van der Waals surface area (Å²) < 4.78 is 15.9. The van der Waals surface area contributed by atoms with E-state index in [2.05, 4.69) is 0 Å². The first-order valence-corrected chi connectivity index (χ1v) is 6.12. The zero-order valence-corrected chi connectivity index (χ0v) is 11.3. The van der Waals surface area contributed by atoms with Crippen LogP contribution in [0.15, 0.2) is 24.3 Å². The average Bonchev–Trinajstić information content (AvgIpc) is 2.69. The van der Waals surface area contributed by atoms with Gasteiger partial charge in [-0.15, -0.1) is 0 Å². The molecule has 2 N–H and O–H groups in total. The van der Waals surface area contributed by atoms with E-state index in [1.165, 1.54) is 0 Å². The van der Waals surface area contributed by atoms with Gasteiger partial charge in [0.2, 0.25) is 0 Å². The summed E-state index contributed by atoms with van der Waals surface area (Å²) in [4.78, 5) is 11.7. The molecule has 0 radical (unpaired) electrons. The Bertz CT molecular complexity index is 708. The number of Topliss-reactive ketones (excluding diaryl/α,β-unsaturated/α-hetero) is 1. The second-order valence-electron chi connectivity index (χ2n) is 4.48. The summed E-state index contributed by atoms with van der Waals surface area (Å²) in [5, 5.41) is 8.79. The Morgan fingerprint density at radius 1 is 1.30 bits per heavy atom. The molecule has 0 saturated carbocycles. The highest BCUT2D eigenvalue weighted by atomic mass is 19.1. The molecule has 0 spiro atoms.